The van der Waals surface area contributed by atoms with Crippen LogP contribution < -0.4 is 10.1 Å². The summed E-state index contributed by atoms with van der Waals surface area (Å²) in [5.41, 5.74) is 1.58. The number of hydrogen-bond donors (Lipinski definition) is 2. The van der Waals surface area contributed by atoms with E-state index in [1.807, 2.05) is 24.3 Å². The molecule has 0 amide bonds. The minimum absolute atomic E-state index is 0.418. The Morgan fingerprint density at radius 1 is 1.26 bits per heavy atom. The summed E-state index contributed by atoms with van der Waals surface area (Å²) in [4.78, 5) is 8.61. The first kappa shape index (κ1) is 13.3. The lowest BCUT2D eigenvalue weighted by Crippen LogP contribution is -2.16. The number of anilines is 1. The number of nitrogens with one attached hydrogen (secondary N) is 1. The van der Waals surface area contributed by atoms with Crippen LogP contribution in [0.25, 0.3) is 11.3 Å². The number of aliphatic hydroxyl groups is 1. The summed E-state index contributed by atoms with van der Waals surface area (Å²) in [7, 11) is 1.62. The van der Waals surface area contributed by atoms with Gasteiger partial charge in [0, 0.05) is 24.5 Å². The van der Waals surface area contributed by atoms with Gasteiger partial charge >= 0.3 is 0 Å². The van der Waals surface area contributed by atoms with Gasteiger partial charge in [0.1, 0.15) is 11.4 Å². The molecule has 0 aliphatic rings. The summed E-state index contributed by atoms with van der Waals surface area (Å²) in [5.74, 6) is 1.37. The molecule has 1 atom stereocenters. The van der Waals surface area contributed by atoms with E-state index in [1.54, 1.807) is 26.4 Å². The van der Waals surface area contributed by atoms with Gasteiger partial charge in [-0.2, -0.15) is 0 Å². The molecule has 5 nitrogen and oxygen atoms in total. The predicted octanol–water partition coefficient (Wildman–Crippen LogP) is 1.94. The van der Waals surface area contributed by atoms with Gasteiger partial charge in [0.2, 0.25) is 0 Å². The maximum absolute atomic E-state index is 9.34. The van der Waals surface area contributed by atoms with Crippen molar-refractivity contribution in [1.29, 1.82) is 0 Å². The Bertz CT molecular complexity index is 544. The minimum atomic E-state index is -0.451. The first-order valence-corrected chi connectivity index (χ1v) is 6.08. The van der Waals surface area contributed by atoms with E-state index < -0.39 is 6.10 Å². The normalized spacial score (nSPS) is 11.9. The summed E-state index contributed by atoms with van der Waals surface area (Å²) in [6.07, 6.45) is 2.80. The molecule has 19 heavy (non-hydrogen) atoms. The van der Waals surface area contributed by atoms with Crippen LogP contribution in [-0.2, 0) is 0 Å². The Morgan fingerprint density at radius 2 is 2.00 bits per heavy atom. The van der Waals surface area contributed by atoms with Crippen molar-refractivity contribution in [3.05, 3.63) is 36.7 Å². The number of para-hydroxylation sites is 1. The highest BCUT2D eigenvalue weighted by atomic mass is 16.5. The zero-order chi connectivity index (χ0) is 13.7. The average molecular weight is 259 g/mol. The second-order valence-corrected chi connectivity index (χ2v) is 4.18. The summed E-state index contributed by atoms with van der Waals surface area (Å²) >= 11 is 0. The van der Waals surface area contributed by atoms with E-state index in [1.165, 1.54) is 0 Å². The van der Waals surface area contributed by atoms with Crippen LogP contribution in [-0.4, -0.2) is 34.8 Å². The van der Waals surface area contributed by atoms with Crippen molar-refractivity contribution in [3.63, 3.8) is 0 Å². The van der Waals surface area contributed by atoms with Crippen molar-refractivity contribution in [1.82, 2.24) is 9.97 Å². The van der Waals surface area contributed by atoms with Crippen LogP contribution in [0, 0.1) is 0 Å². The highest BCUT2D eigenvalue weighted by molar-refractivity contribution is 5.76. The Labute approximate surface area is 112 Å². The van der Waals surface area contributed by atoms with E-state index in [0.29, 0.717) is 18.1 Å². The van der Waals surface area contributed by atoms with Crippen LogP contribution in [0.4, 0.5) is 5.82 Å². The fourth-order valence-electron chi connectivity index (χ4n) is 1.75. The third-order valence-electron chi connectivity index (χ3n) is 2.63. The van der Waals surface area contributed by atoms with Crippen LogP contribution in [0.3, 0.4) is 0 Å². The molecule has 1 unspecified atom stereocenters. The number of rotatable bonds is 5. The molecule has 1 heterocycles. The van der Waals surface area contributed by atoms with Crippen molar-refractivity contribution < 1.29 is 9.84 Å². The van der Waals surface area contributed by atoms with Gasteiger partial charge in [0.25, 0.3) is 0 Å². The van der Waals surface area contributed by atoms with E-state index in [9.17, 15) is 5.11 Å². The van der Waals surface area contributed by atoms with E-state index >= 15 is 0 Å². The molecule has 5 heteroatoms. The summed E-state index contributed by atoms with van der Waals surface area (Å²) in [6, 6.07) is 7.63. The highest BCUT2D eigenvalue weighted by Gasteiger charge is 2.12. The molecule has 2 N–H and O–H groups in total. The first-order valence-electron chi connectivity index (χ1n) is 6.08. The van der Waals surface area contributed by atoms with Gasteiger partial charge in [-0.15, -0.1) is 0 Å². The van der Waals surface area contributed by atoms with E-state index in [2.05, 4.69) is 15.3 Å². The Kier molecular flexibility index (Phi) is 4.30. The number of benzene rings is 1. The maximum atomic E-state index is 9.34. The Morgan fingerprint density at radius 3 is 2.74 bits per heavy atom. The van der Waals surface area contributed by atoms with Crippen molar-refractivity contribution in [2.45, 2.75) is 13.0 Å². The maximum Gasteiger partial charge on any atom is 0.152 e. The van der Waals surface area contributed by atoms with Gasteiger partial charge in [-0.25, -0.2) is 4.98 Å². The van der Waals surface area contributed by atoms with Crippen LogP contribution in [0.5, 0.6) is 5.75 Å². The van der Waals surface area contributed by atoms with Crippen molar-refractivity contribution in [2.75, 3.05) is 19.0 Å². The number of hydrogen-bond acceptors (Lipinski definition) is 5. The van der Waals surface area contributed by atoms with Gasteiger partial charge in [-0.3, -0.25) is 4.98 Å². The van der Waals surface area contributed by atoms with Crippen LogP contribution >= 0.6 is 0 Å². The quantitative estimate of drug-likeness (QED) is 0.859. The smallest absolute Gasteiger partial charge is 0.152 e. The number of nitrogens with zero attached hydrogens (tertiary/aromatic N) is 2. The third kappa shape index (κ3) is 3.20. The Balaban J connectivity index is 2.38. The van der Waals surface area contributed by atoms with Crippen molar-refractivity contribution >= 4 is 5.82 Å². The molecule has 0 aliphatic carbocycles. The van der Waals surface area contributed by atoms with Crippen molar-refractivity contribution in [3.8, 4) is 17.0 Å². The predicted molar refractivity (Wildman–Crippen MR) is 74.2 cm³/mol. The molecule has 2 aromatic rings. The van der Waals surface area contributed by atoms with Gasteiger partial charge in [-0.05, 0) is 19.1 Å². The standard InChI is InChI=1S/C14H17N3O2/c1-10(18)9-17-14-13(15-7-8-16-14)11-5-3-4-6-12(11)19-2/h3-8,10,18H,9H2,1-2H3,(H,16,17). The zero-order valence-corrected chi connectivity index (χ0v) is 11.0. The largest absolute Gasteiger partial charge is 0.496 e. The third-order valence-corrected chi connectivity index (χ3v) is 2.63. The lowest BCUT2D eigenvalue weighted by Gasteiger charge is -2.13. The molecular weight excluding hydrogens is 242 g/mol. The van der Waals surface area contributed by atoms with Crippen LogP contribution in [0.2, 0.25) is 0 Å². The molecule has 0 saturated carbocycles. The van der Waals surface area contributed by atoms with E-state index in [4.69, 9.17) is 4.74 Å². The topological polar surface area (TPSA) is 67.3 Å². The lowest BCUT2D eigenvalue weighted by atomic mass is 10.1. The van der Waals surface area contributed by atoms with Gasteiger partial charge in [0.05, 0.1) is 13.2 Å². The lowest BCUT2D eigenvalue weighted by molar-refractivity contribution is 0.208. The Hall–Kier alpha value is -2.14. The van der Waals surface area contributed by atoms with E-state index in [-0.39, 0.29) is 0 Å². The summed E-state index contributed by atoms with van der Waals surface area (Å²) < 4.78 is 5.34. The minimum Gasteiger partial charge on any atom is -0.496 e. The highest BCUT2D eigenvalue weighted by Crippen LogP contribution is 2.31. The van der Waals surface area contributed by atoms with Crippen molar-refractivity contribution in [2.24, 2.45) is 0 Å². The molecule has 1 aromatic heterocycles. The summed E-state index contributed by atoms with van der Waals surface area (Å²) in [5, 5.41) is 12.4. The van der Waals surface area contributed by atoms with Gasteiger partial charge in [-0.1, -0.05) is 12.1 Å². The fraction of sp³-hybridized carbons (Fsp3) is 0.286. The molecule has 0 radical (unpaired) electrons. The molecule has 0 aliphatic heterocycles. The summed E-state index contributed by atoms with van der Waals surface area (Å²) in [6.45, 7) is 2.13. The van der Waals surface area contributed by atoms with Gasteiger partial charge < -0.3 is 15.2 Å². The van der Waals surface area contributed by atoms with Crippen LogP contribution in [0.1, 0.15) is 6.92 Å². The molecule has 0 saturated heterocycles. The molecule has 1 aromatic carbocycles. The SMILES string of the molecule is COc1ccccc1-c1nccnc1NCC(C)O. The first-order chi connectivity index (χ1) is 9.22. The molecule has 0 spiro atoms. The van der Waals surface area contributed by atoms with E-state index in [0.717, 1.165) is 11.3 Å². The number of methoxy groups -OCH3 is 1. The monoisotopic (exact) mass is 259 g/mol. The molecule has 2 rings (SSSR count). The molecule has 0 fully saturated rings. The number of aliphatic hydroxyl groups excluding tert-OH is 1. The van der Waals surface area contributed by atoms with Gasteiger partial charge in [0.15, 0.2) is 5.82 Å². The fourth-order valence-corrected chi connectivity index (χ4v) is 1.75. The molecule has 100 valence electrons. The zero-order valence-electron chi connectivity index (χ0n) is 11.0. The molecular formula is C14H17N3O2. The second-order valence-electron chi connectivity index (χ2n) is 4.18. The second kappa shape index (κ2) is 6.15. The molecule has 0 bridgehead atoms. The number of aromatic nitrogens is 2. The average Bonchev–Trinajstić information content (AvgIpc) is 2.45. The van der Waals surface area contributed by atoms with Crippen LogP contribution in [0.15, 0.2) is 36.7 Å². The number of ether oxygens (including phenoxy) is 1.